The minimum Gasteiger partial charge on any atom is -0.356 e. The zero-order valence-electron chi connectivity index (χ0n) is 17.6. The van der Waals surface area contributed by atoms with Gasteiger partial charge in [0.1, 0.15) is 5.82 Å². The molecular weight excluding hydrogens is 489 g/mol. The Morgan fingerprint density at radius 1 is 1.27 bits per heavy atom. The first-order valence-corrected chi connectivity index (χ1v) is 10.2. The van der Waals surface area contributed by atoms with Crippen LogP contribution >= 0.6 is 24.0 Å². The monoisotopic (exact) mass is 519 g/mol. The van der Waals surface area contributed by atoms with Gasteiger partial charge >= 0.3 is 0 Å². The quantitative estimate of drug-likeness (QED) is 0.309. The van der Waals surface area contributed by atoms with Crippen LogP contribution in [0.15, 0.2) is 60.1 Å². The number of rotatable bonds is 6. The summed E-state index contributed by atoms with van der Waals surface area (Å²) in [6, 6.07) is 10.5. The van der Waals surface area contributed by atoms with Crippen molar-refractivity contribution in [1.82, 2.24) is 29.5 Å². The Balaban J connectivity index is 0.00000256. The van der Waals surface area contributed by atoms with Crippen molar-refractivity contribution in [1.29, 1.82) is 0 Å². The van der Waals surface area contributed by atoms with E-state index in [2.05, 4.69) is 66.5 Å². The van der Waals surface area contributed by atoms with Crippen molar-refractivity contribution in [2.75, 3.05) is 26.7 Å². The Kier molecular flexibility index (Phi) is 7.89. The van der Waals surface area contributed by atoms with Gasteiger partial charge in [-0.3, -0.25) is 9.67 Å². The van der Waals surface area contributed by atoms with Crippen LogP contribution in [0.25, 0.3) is 0 Å². The standard InChI is InChI=1S/C22H29N7.HI/c1-23-22(29-12-9-19(17-29)20-14-26-27(2)16-20)25-10-8-21-24-11-13-28(21)15-18-6-4-3-5-7-18;/h3-7,11,13-14,16,19H,8-10,12,15,17H2,1-2H3,(H,23,25);1H. The fraction of sp³-hybridized carbons (Fsp3) is 0.409. The van der Waals surface area contributed by atoms with Crippen molar-refractivity contribution in [3.8, 4) is 0 Å². The predicted molar refractivity (Wildman–Crippen MR) is 130 cm³/mol. The lowest BCUT2D eigenvalue weighted by Gasteiger charge is -2.21. The van der Waals surface area contributed by atoms with E-state index in [0.29, 0.717) is 5.92 Å². The van der Waals surface area contributed by atoms with Crippen LogP contribution in [0.4, 0.5) is 0 Å². The van der Waals surface area contributed by atoms with Gasteiger partial charge in [-0.25, -0.2) is 4.98 Å². The van der Waals surface area contributed by atoms with Crippen molar-refractivity contribution in [3.63, 3.8) is 0 Å². The summed E-state index contributed by atoms with van der Waals surface area (Å²) in [4.78, 5) is 11.4. The third-order valence-corrected chi connectivity index (χ3v) is 5.53. The number of hydrogen-bond acceptors (Lipinski definition) is 3. The molecule has 2 aromatic heterocycles. The number of aromatic nitrogens is 4. The number of nitrogens with zero attached hydrogens (tertiary/aromatic N) is 6. The molecule has 1 aromatic carbocycles. The van der Waals surface area contributed by atoms with Crippen LogP contribution in [-0.4, -0.2) is 56.9 Å². The maximum Gasteiger partial charge on any atom is 0.193 e. The molecule has 0 saturated carbocycles. The van der Waals surface area contributed by atoms with Crippen molar-refractivity contribution in [2.24, 2.45) is 12.0 Å². The number of aliphatic imine (C=N–C) groups is 1. The average Bonchev–Trinajstić information content (AvgIpc) is 3.48. The third-order valence-electron chi connectivity index (χ3n) is 5.53. The number of guanidine groups is 1. The van der Waals surface area contributed by atoms with E-state index in [4.69, 9.17) is 0 Å². The van der Waals surface area contributed by atoms with E-state index < -0.39 is 0 Å². The number of hydrogen-bond donors (Lipinski definition) is 1. The van der Waals surface area contributed by atoms with Gasteiger partial charge in [-0.15, -0.1) is 24.0 Å². The van der Waals surface area contributed by atoms with Crippen LogP contribution < -0.4 is 5.32 Å². The van der Waals surface area contributed by atoms with E-state index >= 15 is 0 Å². The average molecular weight is 519 g/mol. The molecule has 1 aliphatic rings. The molecule has 4 rings (SSSR count). The predicted octanol–water partition coefficient (Wildman–Crippen LogP) is 2.89. The number of halogens is 1. The first-order valence-electron chi connectivity index (χ1n) is 10.2. The highest BCUT2D eigenvalue weighted by Crippen LogP contribution is 2.26. The molecule has 0 radical (unpaired) electrons. The van der Waals surface area contributed by atoms with Crippen LogP contribution in [0, 0.1) is 0 Å². The topological polar surface area (TPSA) is 63.3 Å². The second-order valence-electron chi connectivity index (χ2n) is 7.56. The SMILES string of the molecule is CN=C(NCCc1nccn1Cc1ccccc1)N1CCC(c2cnn(C)c2)C1.I. The van der Waals surface area contributed by atoms with Gasteiger partial charge in [0.25, 0.3) is 0 Å². The highest BCUT2D eigenvalue weighted by atomic mass is 127. The highest BCUT2D eigenvalue weighted by Gasteiger charge is 2.26. The lowest BCUT2D eigenvalue weighted by atomic mass is 10.0. The summed E-state index contributed by atoms with van der Waals surface area (Å²) in [7, 11) is 3.83. The number of nitrogens with one attached hydrogen (secondary N) is 1. The van der Waals surface area contributed by atoms with Gasteiger partial charge in [0.15, 0.2) is 5.96 Å². The van der Waals surface area contributed by atoms with E-state index in [1.807, 2.05) is 37.2 Å². The maximum absolute atomic E-state index is 4.55. The molecule has 1 unspecified atom stereocenters. The van der Waals surface area contributed by atoms with Crippen molar-refractivity contribution < 1.29 is 0 Å². The molecule has 0 amide bonds. The molecule has 0 bridgehead atoms. The number of likely N-dealkylation sites (tertiary alicyclic amines) is 1. The van der Waals surface area contributed by atoms with Crippen LogP contribution in [0.2, 0.25) is 0 Å². The molecule has 1 aliphatic heterocycles. The molecule has 3 aromatic rings. The van der Waals surface area contributed by atoms with Gasteiger partial charge in [-0.2, -0.15) is 5.10 Å². The zero-order chi connectivity index (χ0) is 20.1. The van der Waals surface area contributed by atoms with E-state index in [0.717, 1.165) is 50.8 Å². The molecule has 7 nitrogen and oxygen atoms in total. The first kappa shape index (κ1) is 22.3. The zero-order valence-corrected chi connectivity index (χ0v) is 19.9. The second kappa shape index (κ2) is 10.6. The summed E-state index contributed by atoms with van der Waals surface area (Å²) in [5.74, 6) is 2.58. The number of imidazole rings is 1. The van der Waals surface area contributed by atoms with Crippen molar-refractivity contribution in [3.05, 3.63) is 72.1 Å². The minimum absolute atomic E-state index is 0. The van der Waals surface area contributed by atoms with Crippen molar-refractivity contribution >= 4 is 29.9 Å². The van der Waals surface area contributed by atoms with E-state index in [9.17, 15) is 0 Å². The van der Waals surface area contributed by atoms with E-state index in [-0.39, 0.29) is 24.0 Å². The molecule has 1 atom stereocenters. The lowest BCUT2D eigenvalue weighted by Crippen LogP contribution is -2.40. The molecule has 1 fully saturated rings. The largest absolute Gasteiger partial charge is 0.356 e. The van der Waals surface area contributed by atoms with E-state index in [1.165, 1.54) is 11.1 Å². The molecule has 30 heavy (non-hydrogen) atoms. The smallest absolute Gasteiger partial charge is 0.193 e. The summed E-state index contributed by atoms with van der Waals surface area (Å²) in [5.41, 5.74) is 2.60. The van der Waals surface area contributed by atoms with E-state index in [1.54, 1.807) is 0 Å². The third kappa shape index (κ3) is 5.41. The fourth-order valence-electron chi connectivity index (χ4n) is 3.99. The molecule has 1 saturated heterocycles. The summed E-state index contributed by atoms with van der Waals surface area (Å²) in [6.45, 7) is 3.66. The van der Waals surface area contributed by atoms with Crippen molar-refractivity contribution in [2.45, 2.75) is 25.3 Å². The van der Waals surface area contributed by atoms with Gasteiger partial charge in [0.2, 0.25) is 0 Å². The van der Waals surface area contributed by atoms with Gasteiger partial charge in [0, 0.05) is 71.2 Å². The van der Waals surface area contributed by atoms with Crippen LogP contribution in [0.5, 0.6) is 0 Å². The lowest BCUT2D eigenvalue weighted by molar-refractivity contribution is 0.485. The summed E-state index contributed by atoms with van der Waals surface area (Å²) in [5, 5.41) is 7.83. The highest BCUT2D eigenvalue weighted by molar-refractivity contribution is 14.0. The molecular formula is C22H30IN7. The molecule has 160 valence electrons. The summed E-state index contributed by atoms with van der Waals surface area (Å²) in [6.07, 6.45) is 10.0. The van der Waals surface area contributed by atoms with Gasteiger partial charge in [-0.05, 0) is 17.5 Å². The number of benzene rings is 1. The summed E-state index contributed by atoms with van der Waals surface area (Å²) >= 11 is 0. The Bertz CT molecular complexity index is 947. The molecule has 1 N–H and O–H groups in total. The van der Waals surface area contributed by atoms with Crippen LogP contribution in [0.3, 0.4) is 0 Å². The second-order valence-corrected chi connectivity index (χ2v) is 7.56. The Labute approximate surface area is 195 Å². The Morgan fingerprint density at radius 3 is 2.83 bits per heavy atom. The van der Waals surface area contributed by atoms with Gasteiger partial charge in [-0.1, -0.05) is 30.3 Å². The normalized spacial score (nSPS) is 16.5. The fourth-order valence-corrected chi connectivity index (χ4v) is 3.99. The first-order chi connectivity index (χ1) is 14.2. The molecule has 0 spiro atoms. The molecule has 8 heteroatoms. The molecule has 0 aliphatic carbocycles. The Morgan fingerprint density at radius 2 is 2.10 bits per heavy atom. The minimum atomic E-state index is 0. The maximum atomic E-state index is 4.55. The van der Waals surface area contributed by atoms with Gasteiger partial charge in [0.05, 0.1) is 6.20 Å². The van der Waals surface area contributed by atoms with Crippen LogP contribution in [0.1, 0.15) is 29.3 Å². The Hall–Kier alpha value is -2.36. The van der Waals surface area contributed by atoms with Gasteiger partial charge < -0.3 is 14.8 Å². The summed E-state index contributed by atoms with van der Waals surface area (Å²) < 4.78 is 4.09. The molecule has 3 heterocycles. The van der Waals surface area contributed by atoms with Crippen LogP contribution in [-0.2, 0) is 20.0 Å². The number of aryl methyl sites for hydroxylation is 1.